The van der Waals surface area contributed by atoms with Crippen LogP contribution in [0.15, 0.2) is 24.3 Å². The highest BCUT2D eigenvalue weighted by atomic mass is 31.2. The number of benzene rings is 1. The van der Waals surface area contributed by atoms with Gasteiger partial charge in [0.05, 0.1) is 20.3 Å². The second-order valence-corrected chi connectivity index (χ2v) is 11.0. The standard InChI is InChI=1S/C24H37N2O11P/c1-4-5-13-34-23(30)18-7-6-12-26(18)38(32,37-17-10-8-16(33-3)9-11-17)35-14-19-21(28)22(29)20(24(31)36-19)25-15(2)27/h8-11,18-22,24,28-29,31H,4-7,12-14H2,1-3H3,(H,25,27)/t18-,19+,20+,21+,22+,24?,38?/m0/s1. The van der Waals surface area contributed by atoms with Crippen molar-refractivity contribution in [2.24, 2.45) is 0 Å². The van der Waals surface area contributed by atoms with E-state index in [1.165, 1.54) is 30.8 Å². The minimum atomic E-state index is -4.26. The van der Waals surface area contributed by atoms with E-state index >= 15 is 0 Å². The van der Waals surface area contributed by atoms with Crippen molar-refractivity contribution in [3.63, 3.8) is 0 Å². The molecular formula is C24H37N2O11P. The lowest BCUT2D eigenvalue weighted by Crippen LogP contribution is -2.64. The summed E-state index contributed by atoms with van der Waals surface area (Å²) in [5.41, 5.74) is 0. The minimum Gasteiger partial charge on any atom is -0.497 e. The SMILES string of the molecule is CCCCOC(=O)[C@@H]1CCCN1P(=O)(OC[C@H]1OC(O)[C@H](NC(C)=O)[C@@H](O)[C@@H]1O)Oc1ccc(OC)cc1. The molecule has 0 radical (unpaired) electrons. The van der Waals surface area contributed by atoms with Crippen molar-refractivity contribution in [2.75, 3.05) is 26.9 Å². The highest BCUT2D eigenvalue weighted by Crippen LogP contribution is 2.55. The van der Waals surface area contributed by atoms with E-state index in [0.29, 0.717) is 25.0 Å². The van der Waals surface area contributed by atoms with Crippen molar-refractivity contribution in [2.45, 2.75) is 76.2 Å². The van der Waals surface area contributed by atoms with Crippen molar-refractivity contribution < 1.29 is 52.7 Å². The smallest absolute Gasteiger partial charge is 0.462 e. The maximum atomic E-state index is 14.2. The quantitative estimate of drug-likeness (QED) is 0.162. The van der Waals surface area contributed by atoms with E-state index < -0.39 is 62.9 Å². The van der Waals surface area contributed by atoms with Gasteiger partial charge in [0.2, 0.25) is 5.91 Å². The predicted molar refractivity (Wildman–Crippen MR) is 133 cm³/mol. The second kappa shape index (κ2) is 13.7. The largest absolute Gasteiger partial charge is 0.497 e. The first-order valence-electron chi connectivity index (χ1n) is 12.6. The van der Waals surface area contributed by atoms with Gasteiger partial charge in [-0.2, -0.15) is 4.67 Å². The number of rotatable bonds is 12. The van der Waals surface area contributed by atoms with Crippen molar-refractivity contribution in [3.8, 4) is 11.5 Å². The zero-order valence-corrected chi connectivity index (χ0v) is 22.6. The molecule has 3 rings (SSSR count). The Bertz CT molecular complexity index is 979. The first-order valence-corrected chi connectivity index (χ1v) is 14.1. The van der Waals surface area contributed by atoms with E-state index in [9.17, 15) is 29.5 Å². The fourth-order valence-corrected chi connectivity index (χ4v) is 6.23. The summed E-state index contributed by atoms with van der Waals surface area (Å²) in [5.74, 6) is -0.366. The van der Waals surface area contributed by atoms with Crippen LogP contribution < -0.4 is 14.6 Å². The number of carbonyl (C=O) groups excluding carboxylic acids is 2. The predicted octanol–water partition coefficient (Wildman–Crippen LogP) is 0.950. The first kappa shape index (κ1) is 30.3. The third kappa shape index (κ3) is 7.44. The van der Waals surface area contributed by atoms with Gasteiger partial charge in [-0.25, -0.2) is 4.57 Å². The summed E-state index contributed by atoms with van der Waals surface area (Å²) in [6.45, 7) is 3.04. The Morgan fingerprint density at radius 1 is 1.16 bits per heavy atom. The lowest BCUT2D eigenvalue weighted by atomic mass is 9.97. The van der Waals surface area contributed by atoms with Crippen LogP contribution in [0.4, 0.5) is 0 Å². The van der Waals surface area contributed by atoms with E-state index in [-0.39, 0.29) is 18.9 Å². The van der Waals surface area contributed by atoms with E-state index in [1.54, 1.807) is 12.1 Å². The zero-order chi connectivity index (χ0) is 27.9. The summed E-state index contributed by atoms with van der Waals surface area (Å²) < 4.78 is 43.0. The molecule has 214 valence electrons. The molecule has 2 saturated heterocycles. The molecule has 2 aliphatic heterocycles. The van der Waals surface area contributed by atoms with E-state index in [1.807, 2.05) is 6.92 Å². The van der Waals surface area contributed by atoms with Gasteiger partial charge < -0.3 is 39.4 Å². The molecule has 14 heteroatoms. The first-order chi connectivity index (χ1) is 18.1. The normalized spacial score (nSPS) is 29.3. The van der Waals surface area contributed by atoms with Gasteiger partial charge in [0.15, 0.2) is 6.29 Å². The number of nitrogens with zero attached hydrogens (tertiary/aromatic N) is 1. The van der Waals surface area contributed by atoms with Crippen LogP contribution in [0.25, 0.3) is 0 Å². The zero-order valence-electron chi connectivity index (χ0n) is 21.7. The van der Waals surface area contributed by atoms with E-state index in [4.69, 9.17) is 23.3 Å². The van der Waals surface area contributed by atoms with Gasteiger partial charge in [0.1, 0.15) is 41.9 Å². The van der Waals surface area contributed by atoms with Crippen LogP contribution >= 0.6 is 7.75 Å². The molecule has 2 aliphatic rings. The monoisotopic (exact) mass is 560 g/mol. The van der Waals surface area contributed by atoms with Gasteiger partial charge in [-0.05, 0) is 43.5 Å². The Morgan fingerprint density at radius 3 is 2.47 bits per heavy atom. The Hall–Kier alpha value is -2.25. The summed E-state index contributed by atoms with van der Waals surface area (Å²) in [6, 6.07) is 4.09. The van der Waals surface area contributed by atoms with Crippen molar-refractivity contribution in [1.82, 2.24) is 9.99 Å². The maximum Gasteiger partial charge on any atom is 0.462 e. The van der Waals surface area contributed by atoms with Crippen LogP contribution in [0.3, 0.4) is 0 Å². The summed E-state index contributed by atoms with van der Waals surface area (Å²) in [6.07, 6.45) is -3.74. The Labute approximate surface area is 221 Å². The summed E-state index contributed by atoms with van der Waals surface area (Å²) >= 11 is 0. The fraction of sp³-hybridized carbons (Fsp3) is 0.667. The molecule has 1 aromatic rings. The average molecular weight is 561 g/mol. The number of aliphatic hydroxyl groups excluding tert-OH is 3. The molecule has 2 fully saturated rings. The van der Waals surface area contributed by atoms with Crippen molar-refractivity contribution in [1.29, 1.82) is 0 Å². The third-order valence-corrected chi connectivity index (χ3v) is 8.35. The number of methoxy groups -OCH3 is 1. The van der Waals surface area contributed by atoms with Crippen LogP contribution in [0, 0.1) is 0 Å². The molecule has 0 bridgehead atoms. The second-order valence-electron chi connectivity index (χ2n) is 9.15. The minimum absolute atomic E-state index is 0.176. The lowest BCUT2D eigenvalue weighted by molar-refractivity contribution is -0.252. The number of hydrogen-bond acceptors (Lipinski definition) is 11. The molecule has 1 aromatic carbocycles. The third-order valence-electron chi connectivity index (χ3n) is 6.33. The van der Waals surface area contributed by atoms with Crippen LogP contribution in [0.5, 0.6) is 11.5 Å². The molecule has 0 aromatic heterocycles. The van der Waals surface area contributed by atoms with Crippen LogP contribution in [0.1, 0.15) is 39.5 Å². The number of esters is 1. The molecule has 38 heavy (non-hydrogen) atoms. The summed E-state index contributed by atoms with van der Waals surface area (Å²) in [7, 11) is -2.77. The Morgan fingerprint density at radius 2 is 1.84 bits per heavy atom. The number of ether oxygens (including phenoxy) is 3. The molecule has 2 unspecified atom stereocenters. The number of nitrogens with one attached hydrogen (secondary N) is 1. The molecule has 2 heterocycles. The number of aliphatic hydroxyl groups is 3. The number of hydrogen-bond donors (Lipinski definition) is 4. The molecule has 0 spiro atoms. The molecule has 13 nitrogen and oxygen atoms in total. The lowest BCUT2D eigenvalue weighted by Gasteiger charge is -2.41. The topological polar surface area (TPSA) is 173 Å². The fourth-order valence-electron chi connectivity index (χ4n) is 4.26. The molecule has 7 atom stereocenters. The molecular weight excluding hydrogens is 523 g/mol. The van der Waals surface area contributed by atoms with Crippen LogP contribution in [0.2, 0.25) is 0 Å². The number of amides is 1. The van der Waals surface area contributed by atoms with E-state index in [0.717, 1.165) is 6.42 Å². The van der Waals surface area contributed by atoms with Crippen molar-refractivity contribution >= 4 is 19.6 Å². The van der Waals surface area contributed by atoms with Crippen LogP contribution in [-0.4, -0.2) is 95.4 Å². The highest BCUT2D eigenvalue weighted by molar-refractivity contribution is 7.51. The molecule has 0 saturated carbocycles. The Balaban J connectivity index is 1.80. The van der Waals surface area contributed by atoms with Crippen LogP contribution in [-0.2, 0) is 28.2 Å². The van der Waals surface area contributed by atoms with E-state index in [2.05, 4.69) is 5.32 Å². The molecule has 0 aliphatic carbocycles. The van der Waals surface area contributed by atoms with Gasteiger partial charge in [-0.3, -0.25) is 14.1 Å². The highest BCUT2D eigenvalue weighted by Gasteiger charge is 2.49. The number of unbranched alkanes of at least 4 members (excludes halogenated alkanes) is 1. The summed E-state index contributed by atoms with van der Waals surface area (Å²) in [5, 5.41) is 33.6. The average Bonchev–Trinajstić information content (AvgIpc) is 3.39. The molecule has 4 N–H and O–H groups in total. The maximum absolute atomic E-state index is 14.2. The van der Waals surface area contributed by atoms with Gasteiger partial charge in [-0.1, -0.05) is 13.3 Å². The molecule has 1 amide bonds. The van der Waals surface area contributed by atoms with Gasteiger partial charge in [0.25, 0.3) is 0 Å². The van der Waals surface area contributed by atoms with Gasteiger partial charge in [-0.15, -0.1) is 0 Å². The summed E-state index contributed by atoms with van der Waals surface area (Å²) in [4.78, 5) is 24.2. The Kier molecular flexibility index (Phi) is 10.9. The van der Waals surface area contributed by atoms with Crippen molar-refractivity contribution in [3.05, 3.63) is 24.3 Å². The van der Waals surface area contributed by atoms with Gasteiger partial charge >= 0.3 is 13.7 Å². The number of carbonyl (C=O) groups is 2. The van der Waals surface area contributed by atoms with Gasteiger partial charge in [0, 0.05) is 13.5 Å².